The largest absolute Gasteiger partial charge is 0.359 e. The first kappa shape index (κ1) is 9.44. The van der Waals surface area contributed by atoms with Crippen molar-refractivity contribution in [1.82, 2.24) is 9.69 Å². The van der Waals surface area contributed by atoms with Crippen molar-refractivity contribution in [1.29, 1.82) is 5.26 Å². The van der Waals surface area contributed by atoms with Crippen molar-refractivity contribution in [2.45, 2.75) is 6.92 Å². The van der Waals surface area contributed by atoms with E-state index in [0.717, 1.165) is 42.4 Å². The molecule has 1 aromatic heterocycles. The number of aromatic nitrogens is 1. The number of hydrogen-bond acceptors (Lipinski definition) is 5. The quantitative estimate of drug-likeness (QED) is 0.739. The number of anilines is 1. The second-order valence-electron chi connectivity index (χ2n) is 3.30. The summed E-state index contributed by atoms with van der Waals surface area (Å²) in [5, 5.41) is 13.3. The van der Waals surface area contributed by atoms with E-state index in [9.17, 15) is 0 Å². The van der Waals surface area contributed by atoms with Gasteiger partial charge in [0.1, 0.15) is 16.6 Å². The van der Waals surface area contributed by atoms with Crippen LogP contribution in [-0.2, 0) is 0 Å². The number of nitrogens with one attached hydrogen (secondary N) is 1. The van der Waals surface area contributed by atoms with E-state index in [4.69, 9.17) is 5.26 Å². The van der Waals surface area contributed by atoms with Gasteiger partial charge >= 0.3 is 0 Å². The molecular weight excluding hydrogens is 196 g/mol. The standard InChI is InChI=1S/C9H12N4S/c1-7-8(6-10)9(14-12-7)13-4-2-11-3-5-13/h11H,2-5H2,1H3. The lowest BCUT2D eigenvalue weighted by molar-refractivity contribution is 0.591. The van der Waals surface area contributed by atoms with Gasteiger partial charge in [0.25, 0.3) is 0 Å². The molecule has 0 saturated carbocycles. The lowest BCUT2D eigenvalue weighted by Gasteiger charge is -2.27. The number of rotatable bonds is 1. The van der Waals surface area contributed by atoms with Crippen molar-refractivity contribution in [3.63, 3.8) is 0 Å². The van der Waals surface area contributed by atoms with Gasteiger partial charge in [0.15, 0.2) is 0 Å². The topological polar surface area (TPSA) is 52.0 Å². The lowest BCUT2D eigenvalue weighted by Crippen LogP contribution is -2.43. The Morgan fingerprint density at radius 1 is 1.50 bits per heavy atom. The zero-order valence-electron chi connectivity index (χ0n) is 8.08. The van der Waals surface area contributed by atoms with Gasteiger partial charge in [0.05, 0.1) is 5.69 Å². The number of hydrogen-bond donors (Lipinski definition) is 1. The Bertz CT molecular complexity index is 359. The molecule has 1 aromatic rings. The average Bonchev–Trinajstić information content (AvgIpc) is 2.61. The molecule has 0 atom stereocenters. The second kappa shape index (κ2) is 3.95. The maximum absolute atomic E-state index is 8.99. The number of aryl methyl sites for hydroxylation is 1. The highest BCUT2D eigenvalue weighted by molar-refractivity contribution is 7.10. The Morgan fingerprint density at radius 3 is 2.86 bits per heavy atom. The minimum absolute atomic E-state index is 0.747. The number of nitrogens with zero attached hydrogens (tertiary/aromatic N) is 3. The molecule has 5 heteroatoms. The zero-order chi connectivity index (χ0) is 9.97. The van der Waals surface area contributed by atoms with E-state index in [1.165, 1.54) is 11.5 Å². The van der Waals surface area contributed by atoms with Gasteiger partial charge in [-0.1, -0.05) is 0 Å². The molecule has 1 fully saturated rings. The molecule has 0 spiro atoms. The molecule has 4 nitrogen and oxygen atoms in total. The van der Waals surface area contributed by atoms with Crippen LogP contribution in [0.1, 0.15) is 11.3 Å². The third-order valence-electron chi connectivity index (χ3n) is 2.36. The SMILES string of the molecule is Cc1nsc(N2CCNCC2)c1C#N. The van der Waals surface area contributed by atoms with Gasteiger partial charge in [-0.3, -0.25) is 0 Å². The predicted molar refractivity (Wildman–Crippen MR) is 56.6 cm³/mol. The van der Waals surface area contributed by atoms with Crippen molar-refractivity contribution in [2.75, 3.05) is 31.1 Å². The third kappa shape index (κ3) is 1.59. The predicted octanol–water partition coefficient (Wildman–Crippen LogP) is 0.733. The fourth-order valence-corrected chi connectivity index (χ4v) is 2.47. The van der Waals surface area contributed by atoms with Crippen LogP contribution in [-0.4, -0.2) is 30.6 Å². The van der Waals surface area contributed by atoms with Crippen molar-refractivity contribution in [3.8, 4) is 6.07 Å². The second-order valence-corrected chi connectivity index (χ2v) is 4.05. The van der Waals surface area contributed by atoms with Crippen LogP contribution in [0.2, 0.25) is 0 Å². The molecule has 0 aromatic carbocycles. The van der Waals surface area contributed by atoms with Crippen LogP contribution in [0.3, 0.4) is 0 Å². The van der Waals surface area contributed by atoms with Gasteiger partial charge in [-0.15, -0.1) is 0 Å². The van der Waals surface area contributed by atoms with Crippen LogP contribution in [0.4, 0.5) is 5.00 Å². The molecule has 0 unspecified atom stereocenters. The maximum Gasteiger partial charge on any atom is 0.130 e. The fourth-order valence-electron chi connectivity index (χ4n) is 1.57. The summed E-state index contributed by atoms with van der Waals surface area (Å²) in [5.74, 6) is 0. The molecule has 0 bridgehead atoms. The Morgan fingerprint density at radius 2 is 2.21 bits per heavy atom. The van der Waals surface area contributed by atoms with Crippen molar-refractivity contribution in [2.24, 2.45) is 0 Å². The van der Waals surface area contributed by atoms with Gasteiger partial charge in [-0.05, 0) is 18.5 Å². The first-order valence-corrected chi connectivity index (χ1v) is 5.42. The van der Waals surface area contributed by atoms with E-state index >= 15 is 0 Å². The van der Waals surface area contributed by atoms with Crippen molar-refractivity contribution < 1.29 is 0 Å². The van der Waals surface area contributed by atoms with Crippen LogP contribution in [0.25, 0.3) is 0 Å². The third-order valence-corrected chi connectivity index (χ3v) is 3.36. The summed E-state index contributed by atoms with van der Waals surface area (Å²) in [5.41, 5.74) is 1.60. The zero-order valence-corrected chi connectivity index (χ0v) is 8.89. The Balaban J connectivity index is 2.26. The highest BCUT2D eigenvalue weighted by Gasteiger charge is 2.18. The summed E-state index contributed by atoms with van der Waals surface area (Å²) in [6, 6.07) is 2.23. The van der Waals surface area contributed by atoms with Gasteiger partial charge in [0, 0.05) is 26.2 Å². The smallest absolute Gasteiger partial charge is 0.130 e. The van der Waals surface area contributed by atoms with E-state index in [-0.39, 0.29) is 0 Å². The van der Waals surface area contributed by atoms with E-state index in [2.05, 4.69) is 20.7 Å². The summed E-state index contributed by atoms with van der Waals surface area (Å²) >= 11 is 1.43. The first-order valence-electron chi connectivity index (χ1n) is 4.65. The van der Waals surface area contributed by atoms with E-state index in [1.54, 1.807) is 0 Å². The van der Waals surface area contributed by atoms with Crippen LogP contribution in [0, 0.1) is 18.3 Å². The molecule has 2 heterocycles. The van der Waals surface area contributed by atoms with E-state index in [0.29, 0.717) is 0 Å². The van der Waals surface area contributed by atoms with Crippen LogP contribution in [0.15, 0.2) is 0 Å². The molecule has 0 amide bonds. The minimum atomic E-state index is 0.747. The molecule has 0 radical (unpaired) electrons. The van der Waals surface area contributed by atoms with Crippen molar-refractivity contribution in [3.05, 3.63) is 11.3 Å². The summed E-state index contributed by atoms with van der Waals surface area (Å²) in [6.45, 7) is 5.80. The molecule has 1 saturated heterocycles. The first-order chi connectivity index (χ1) is 6.83. The average molecular weight is 208 g/mol. The highest BCUT2D eigenvalue weighted by atomic mass is 32.1. The summed E-state index contributed by atoms with van der Waals surface area (Å²) in [4.78, 5) is 2.24. The Hall–Kier alpha value is -1.12. The van der Waals surface area contributed by atoms with Crippen LogP contribution >= 0.6 is 11.5 Å². The highest BCUT2D eigenvalue weighted by Crippen LogP contribution is 2.27. The summed E-state index contributed by atoms with van der Waals surface area (Å²) in [7, 11) is 0. The normalized spacial score (nSPS) is 16.7. The Labute approximate surface area is 87.3 Å². The van der Waals surface area contributed by atoms with Crippen molar-refractivity contribution >= 4 is 16.5 Å². The molecule has 1 N–H and O–H groups in total. The molecule has 1 aliphatic heterocycles. The molecule has 14 heavy (non-hydrogen) atoms. The minimum Gasteiger partial charge on any atom is -0.359 e. The monoisotopic (exact) mass is 208 g/mol. The van der Waals surface area contributed by atoms with Gasteiger partial charge < -0.3 is 10.2 Å². The number of nitriles is 1. The van der Waals surface area contributed by atoms with Gasteiger partial charge in [0.2, 0.25) is 0 Å². The molecule has 1 aliphatic rings. The molecule has 2 rings (SSSR count). The maximum atomic E-state index is 8.99. The van der Waals surface area contributed by atoms with Gasteiger partial charge in [-0.2, -0.15) is 9.64 Å². The van der Waals surface area contributed by atoms with Gasteiger partial charge in [-0.25, -0.2) is 0 Å². The lowest BCUT2D eigenvalue weighted by atomic mass is 10.2. The summed E-state index contributed by atoms with van der Waals surface area (Å²) in [6.07, 6.45) is 0. The molecule has 0 aliphatic carbocycles. The molecular formula is C9H12N4S. The van der Waals surface area contributed by atoms with Crippen LogP contribution < -0.4 is 10.2 Å². The number of piperazine rings is 1. The van der Waals surface area contributed by atoms with Crippen LogP contribution in [0.5, 0.6) is 0 Å². The Kier molecular flexibility index (Phi) is 2.66. The van der Waals surface area contributed by atoms with E-state index < -0.39 is 0 Å². The fraction of sp³-hybridized carbons (Fsp3) is 0.556. The summed E-state index contributed by atoms with van der Waals surface area (Å²) < 4.78 is 4.22. The van der Waals surface area contributed by atoms with E-state index in [1.807, 2.05) is 6.92 Å². The molecule has 74 valence electrons.